The van der Waals surface area contributed by atoms with Crippen molar-refractivity contribution in [2.75, 3.05) is 14.2 Å². The number of para-hydroxylation sites is 1. The van der Waals surface area contributed by atoms with Gasteiger partial charge in [0.1, 0.15) is 17.2 Å². The van der Waals surface area contributed by atoms with Gasteiger partial charge in [-0.25, -0.2) is 4.68 Å². The maximum absolute atomic E-state index is 13.2. The third-order valence-electron chi connectivity index (χ3n) is 4.65. The molecule has 2 heterocycles. The van der Waals surface area contributed by atoms with Crippen LogP contribution in [0.5, 0.6) is 5.75 Å². The number of benzene rings is 2. The number of amides is 1. The molecule has 6 nitrogen and oxygen atoms in total. The Balaban J connectivity index is 1.73. The Morgan fingerprint density at radius 3 is 2.48 bits per heavy atom. The molecule has 2 aromatic heterocycles. The summed E-state index contributed by atoms with van der Waals surface area (Å²) in [5, 5.41) is 4.71. The van der Waals surface area contributed by atoms with Crippen LogP contribution in [-0.4, -0.2) is 34.7 Å². The van der Waals surface area contributed by atoms with Gasteiger partial charge >= 0.3 is 0 Å². The summed E-state index contributed by atoms with van der Waals surface area (Å²) in [7, 11) is 3.38. The van der Waals surface area contributed by atoms with Gasteiger partial charge in [-0.15, -0.1) is 0 Å². The molecule has 0 unspecified atom stereocenters. The van der Waals surface area contributed by atoms with E-state index in [1.165, 1.54) is 0 Å². The van der Waals surface area contributed by atoms with Crippen LogP contribution in [0.3, 0.4) is 0 Å². The Hall–Kier alpha value is -3.80. The molecule has 2 aromatic carbocycles. The monoisotopic (exact) mass is 387 g/mol. The number of rotatable bonds is 6. The van der Waals surface area contributed by atoms with Crippen LogP contribution in [0.1, 0.15) is 16.1 Å². The molecule has 0 saturated heterocycles. The first-order valence-electron chi connectivity index (χ1n) is 9.23. The van der Waals surface area contributed by atoms with E-state index in [-0.39, 0.29) is 5.91 Å². The van der Waals surface area contributed by atoms with Crippen LogP contribution in [-0.2, 0) is 6.54 Å². The fraction of sp³-hybridized carbons (Fsp3) is 0.130. The van der Waals surface area contributed by atoms with Crippen LogP contribution in [0, 0.1) is 0 Å². The lowest BCUT2D eigenvalue weighted by Crippen LogP contribution is -2.26. The number of furan rings is 1. The molecular weight excluding hydrogens is 366 g/mol. The van der Waals surface area contributed by atoms with Crippen LogP contribution in [0.2, 0.25) is 0 Å². The summed E-state index contributed by atoms with van der Waals surface area (Å²) in [6, 6.07) is 20.9. The highest BCUT2D eigenvalue weighted by atomic mass is 16.5. The molecule has 0 radical (unpaired) electrons. The second kappa shape index (κ2) is 8.06. The molecule has 146 valence electrons. The Labute approximate surface area is 168 Å². The first kappa shape index (κ1) is 18.6. The fourth-order valence-electron chi connectivity index (χ4n) is 3.12. The summed E-state index contributed by atoms with van der Waals surface area (Å²) in [4.78, 5) is 14.9. The fourth-order valence-corrected chi connectivity index (χ4v) is 3.12. The van der Waals surface area contributed by atoms with Gasteiger partial charge in [-0.1, -0.05) is 18.2 Å². The van der Waals surface area contributed by atoms with E-state index in [2.05, 4.69) is 0 Å². The quantitative estimate of drug-likeness (QED) is 0.492. The van der Waals surface area contributed by atoms with Crippen molar-refractivity contribution < 1.29 is 13.9 Å². The van der Waals surface area contributed by atoms with Gasteiger partial charge in [0.25, 0.3) is 5.91 Å². The molecule has 4 rings (SSSR count). The molecular formula is C23H21N3O3. The second-order valence-corrected chi connectivity index (χ2v) is 6.64. The van der Waals surface area contributed by atoms with Crippen LogP contribution < -0.4 is 4.74 Å². The topological polar surface area (TPSA) is 60.5 Å². The van der Waals surface area contributed by atoms with E-state index >= 15 is 0 Å². The van der Waals surface area contributed by atoms with Crippen molar-refractivity contribution >= 4 is 5.91 Å². The molecule has 0 aliphatic rings. The minimum Gasteiger partial charge on any atom is -0.497 e. The summed E-state index contributed by atoms with van der Waals surface area (Å²) in [6.07, 6.45) is 3.37. The van der Waals surface area contributed by atoms with Crippen LogP contribution in [0.25, 0.3) is 16.9 Å². The maximum atomic E-state index is 13.2. The number of carbonyl (C=O) groups is 1. The molecule has 0 bridgehead atoms. The number of hydrogen-bond donors (Lipinski definition) is 0. The smallest absolute Gasteiger partial charge is 0.257 e. The van der Waals surface area contributed by atoms with E-state index in [1.807, 2.05) is 66.7 Å². The first-order valence-corrected chi connectivity index (χ1v) is 9.23. The average Bonchev–Trinajstić information content (AvgIpc) is 3.44. The summed E-state index contributed by atoms with van der Waals surface area (Å²) < 4.78 is 12.3. The molecule has 1 amide bonds. The third-order valence-corrected chi connectivity index (χ3v) is 4.65. The molecule has 0 spiro atoms. The molecule has 0 atom stereocenters. The summed E-state index contributed by atoms with van der Waals surface area (Å²) in [6.45, 7) is 0.379. The van der Waals surface area contributed by atoms with Gasteiger partial charge in [-0.2, -0.15) is 5.10 Å². The van der Waals surface area contributed by atoms with Gasteiger partial charge < -0.3 is 14.1 Å². The highest BCUT2D eigenvalue weighted by Crippen LogP contribution is 2.27. The zero-order valence-electron chi connectivity index (χ0n) is 16.3. The van der Waals surface area contributed by atoms with Gasteiger partial charge in [0.2, 0.25) is 0 Å². The SMILES string of the molecule is COc1ccc(-c2nn(-c3ccccc3)cc2C(=O)N(C)Cc2ccco2)cc1. The van der Waals surface area contributed by atoms with Crippen molar-refractivity contribution in [2.45, 2.75) is 6.54 Å². The maximum Gasteiger partial charge on any atom is 0.257 e. The number of aromatic nitrogens is 2. The van der Waals surface area contributed by atoms with Crippen molar-refractivity contribution in [3.63, 3.8) is 0 Å². The Bertz CT molecular complexity index is 1080. The van der Waals surface area contributed by atoms with Crippen LogP contribution in [0.4, 0.5) is 0 Å². The van der Waals surface area contributed by atoms with Crippen molar-refractivity contribution in [3.05, 3.63) is 90.5 Å². The molecule has 0 saturated carbocycles. The number of carbonyl (C=O) groups excluding carboxylic acids is 1. The molecule has 6 heteroatoms. The summed E-state index contributed by atoms with van der Waals surface area (Å²) in [5.41, 5.74) is 2.87. The third kappa shape index (κ3) is 3.91. The van der Waals surface area contributed by atoms with E-state index in [0.29, 0.717) is 17.8 Å². The van der Waals surface area contributed by atoms with Gasteiger partial charge in [0, 0.05) is 18.8 Å². The molecule has 4 aromatic rings. The van der Waals surface area contributed by atoms with Crippen molar-refractivity contribution in [2.24, 2.45) is 0 Å². The first-order chi connectivity index (χ1) is 14.2. The lowest BCUT2D eigenvalue weighted by molar-refractivity contribution is 0.0776. The highest BCUT2D eigenvalue weighted by Gasteiger charge is 2.22. The average molecular weight is 387 g/mol. The zero-order chi connectivity index (χ0) is 20.2. The number of methoxy groups -OCH3 is 1. The van der Waals surface area contributed by atoms with Crippen LogP contribution in [0.15, 0.2) is 83.6 Å². The number of ether oxygens (including phenoxy) is 1. The number of nitrogens with zero attached hydrogens (tertiary/aromatic N) is 3. The molecule has 0 N–H and O–H groups in total. The lowest BCUT2D eigenvalue weighted by Gasteiger charge is -2.15. The predicted octanol–water partition coefficient (Wildman–Crippen LogP) is 4.41. The molecule has 0 aliphatic heterocycles. The van der Waals surface area contributed by atoms with E-state index in [1.54, 1.807) is 36.2 Å². The summed E-state index contributed by atoms with van der Waals surface area (Å²) >= 11 is 0. The second-order valence-electron chi connectivity index (χ2n) is 6.64. The van der Waals surface area contributed by atoms with Gasteiger partial charge in [0.05, 0.1) is 31.2 Å². The molecule has 29 heavy (non-hydrogen) atoms. The lowest BCUT2D eigenvalue weighted by atomic mass is 10.1. The normalized spacial score (nSPS) is 10.7. The highest BCUT2D eigenvalue weighted by molar-refractivity contribution is 5.99. The van der Waals surface area contributed by atoms with Crippen molar-refractivity contribution in [3.8, 4) is 22.7 Å². The Morgan fingerprint density at radius 2 is 1.83 bits per heavy atom. The number of hydrogen-bond acceptors (Lipinski definition) is 4. The largest absolute Gasteiger partial charge is 0.497 e. The predicted molar refractivity (Wildman–Crippen MR) is 110 cm³/mol. The van der Waals surface area contributed by atoms with Gasteiger partial charge in [0.15, 0.2) is 0 Å². The van der Waals surface area contributed by atoms with Crippen molar-refractivity contribution in [1.82, 2.24) is 14.7 Å². The van der Waals surface area contributed by atoms with Crippen LogP contribution >= 0.6 is 0 Å². The Kier molecular flexibility index (Phi) is 5.16. The molecule has 0 aliphatic carbocycles. The Morgan fingerprint density at radius 1 is 1.07 bits per heavy atom. The standard InChI is InChI=1S/C23H21N3O3/c1-25(15-20-9-6-14-29-20)23(27)21-16-26(18-7-4-3-5-8-18)24-22(21)17-10-12-19(28-2)13-11-17/h3-14,16H,15H2,1-2H3. The van der Waals surface area contributed by atoms with Gasteiger partial charge in [-0.05, 0) is 48.5 Å². The van der Waals surface area contributed by atoms with E-state index in [0.717, 1.165) is 22.8 Å². The van der Waals surface area contributed by atoms with E-state index in [9.17, 15) is 4.79 Å². The minimum absolute atomic E-state index is 0.130. The van der Waals surface area contributed by atoms with Gasteiger partial charge in [-0.3, -0.25) is 4.79 Å². The zero-order valence-corrected chi connectivity index (χ0v) is 16.3. The van der Waals surface area contributed by atoms with Crippen molar-refractivity contribution in [1.29, 1.82) is 0 Å². The van der Waals surface area contributed by atoms with E-state index < -0.39 is 0 Å². The minimum atomic E-state index is -0.130. The molecule has 0 fully saturated rings. The van der Waals surface area contributed by atoms with E-state index in [4.69, 9.17) is 14.3 Å². The summed E-state index contributed by atoms with van der Waals surface area (Å²) in [5.74, 6) is 1.34.